The summed E-state index contributed by atoms with van der Waals surface area (Å²) in [4.78, 5) is 4.29. The van der Waals surface area contributed by atoms with Crippen LogP contribution in [0, 0.1) is 0 Å². The largest absolute Gasteiger partial charge is 0.326 e. The molecule has 0 saturated carbocycles. The molecule has 0 saturated heterocycles. The summed E-state index contributed by atoms with van der Waals surface area (Å²) >= 11 is 0. The highest BCUT2D eigenvalue weighted by molar-refractivity contribution is 7.89. The fourth-order valence-electron chi connectivity index (χ4n) is 3.07. The number of nitrogens with two attached hydrogens (primary N) is 1. The van der Waals surface area contributed by atoms with Crippen LogP contribution in [0.25, 0.3) is 10.8 Å². The first kappa shape index (κ1) is 19.5. The average Bonchev–Trinajstić information content (AvgIpc) is 2.68. The van der Waals surface area contributed by atoms with Crippen LogP contribution in [0.5, 0.6) is 0 Å². The van der Waals surface area contributed by atoms with Crippen molar-refractivity contribution < 1.29 is 8.42 Å². The second-order valence-electron chi connectivity index (χ2n) is 6.84. The Balaban J connectivity index is 1.59. The van der Waals surface area contributed by atoms with E-state index in [0.717, 1.165) is 30.0 Å². The molecular formula is C21H25N3O2S. The van der Waals surface area contributed by atoms with Gasteiger partial charge in [-0.1, -0.05) is 36.4 Å². The number of aromatic nitrogens is 1. The van der Waals surface area contributed by atoms with Gasteiger partial charge in [0.2, 0.25) is 10.0 Å². The Morgan fingerprint density at radius 2 is 1.85 bits per heavy atom. The van der Waals surface area contributed by atoms with Gasteiger partial charge in [0.05, 0.1) is 4.90 Å². The first-order valence-electron chi connectivity index (χ1n) is 9.11. The molecule has 2 atom stereocenters. The Morgan fingerprint density at radius 3 is 2.63 bits per heavy atom. The highest BCUT2D eigenvalue weighted by atomic mass is 32.2. The molecule has 0 aliphatic rings. The van der Waals surface area contributed by atoms with Gasteiger partial charge < -0.3 is 5.73 Å². The molecular weight excluding hydrogens is 358 g/mol. The number of benzene rings is 2. The fourth-order valence-corrected chi connectivity index (χ4v) is 4.39. The molecule has 0 aliphatic heterocycles. The van der Waals surface area contributed by atoms with Gasteiger partial charge in [-0.05, 0) is 55.3 Å². The van der Waals surface area contributed by atoms with Crippen LogP contribution >= 0.6 is 0 Å². The number of aryl methyl sites for hydroxylation is 1. The molecule has 0 spiro atoms. The van der Waals surface area contributed by atoms with Gasteiger partial charge in [0, 0.05) is 29.9 Å². The van der Waals surface area contributed by atoms with Gasteiger partial charge in [-0.3, -0.25) is 4.98 Å². The molecule has 0 fully saturated rings. The van der Waals surface area contributed by atoms with Crippen molar-refractivity contribution in [2.45, 2.75) is 43.2 Å². The molecule has 0 unspecified atom stereocenters. The lowest BCUT2D eigenvalue weighted by Crippen LogP contribution is -2.45. The topological polar surface area (TPSA) is 85.1 Å². The lowest BCUT2D eigenvalue weighted by atomic mass is 10.0. The van der Waals surface area contributed by atoms with E-state index in [-0.39, 0.29) is 17.0 Å². The standard InChI is InChI=1S/C21H25N3O2S/c1-16(21(22)9-5-8-17-6-3-2-4-7-17)24-27(25,26)20-11-10-19-15-23-13-12-18(19)14-20/h2-4,6-7,10-16,21,24H,5,8-9,22H2,1H3/t16-,21+/m1/s1. The SMILES string of the molecule is C[C@@H](NS(=O)(=O)c1ccc2cnccc2c1)[C@@H](N)CCCc1ccccc1. The maximum atomic E-state index is 12.7. The van der Waals surface area contributed by atoms with Crippen LogP contribution in [0.2, 0.25) is 0 Å². The summed E-state index contributed by atoms with van der Waals surface area (Å²) in [6.07, 6.45) is 5.97. The summed E-state index contributed by atoms with van der Waals surface area (Å²) in [6, 6.07) is 16.4. The number of sulfonamides is 1. The van der Waals surface area contributed by atoms with Crippen molar-refractivity contribution in [2.75, 3.05) is 0 Å². The van der Waals surface area contributed by atoms with Crippen molar-refractivity contribution in [1.82, 2.24) is 9.71 Å². The van der Waals surface area contributed by atoms with Crippen LogP contribution in [-0.4, -0.2) is 25.5 Å². The van der Waals surface area contributed by atoms with Crippen molar-refractivity contribution in [3.63, 3.8) is 0 Å². The Morgan fingerprint density at radius 1 is 1.07 bits per heavy atom. The van der Waals surface area contributed by atoms with Gasteiger partial charge in [0.15, 0.2) is 0 Å². The summed E-state index contributed by atoms with van der Waals surface area (Å²) in [6.45, 7) is 1.82. The zero-order chi connectivity index (χ0) is 19.3. The number of fused-ring (bicyclic) bond motifs is 1. The minimum atomic E-state index is -3.62. The molecule has 0 bridgehead atoms. The van der Waals surface area contributed by atoms with Gasteiger partial charge >= 0.3 is 0 Å². The third-order valence-electron chi connectivity index (χ3n) is 4.75. The third-order valence-corrected chi connectivity index (χ3v) is 6.31. The van der Waals surface area contributed by atoms with Crippen molar-refractivity contribution in [3.8, 4) is 0 Å². The molecule has 5 nitrogen and oxygen atoms in total. The van der Waals surface area contributed by atoms with Crippen LogP contribution in [0.1, 0.15) is 25.3 Å². The number of rotatable bonds is 8. The van der Waals surface area contributed by atoms with Crippen molar-refractivity contribution >= 4 is 20.8 Å². The molecule has 3 N–H and O–H groups in total. The maximum Gasteiger partial charge on any atom is 0.240 e. The monoisotopic (exact) mass is 383 g/mol. The summed E-state index contributed by atoms with van der Waals surface area (Å²) < 4.78 is 28.1. The summed E-state index contributed by atoms with van der Waals surface area (Å²) in [7, 11) is -3.62. The van der Waals surface area contributed by atoms with E-state index < -0.39 is 10.0 Å². The predicted octanol–water partition coefficient (Wildman–Crippen LogP) is 3.25. The van der Waals surface area contributed by atoms with E-state index in [1.54, 1.807) is 36.7 Å². The number of pyridine rings is 1. The molecule has 6 heteroatoms. The maximum absolute atomic E-state index is 12.7. The highest BCUT2D eigenvalue weighted by Crippen LogP contribution is 2.18. The lowest BCUT2D eigenvalue weighted by Gasteiger charge is -2.21. The van der Waals surface area contributed by atoms with Gasteiger partial charge in [-0.25, -0.2) is 13.1 Å². The average molecular weight is 384 g/mol. The first-order valence-corrected chi connectivity index (χ1v) is 10.6. The zero-order valence-electron chi connectivity index (χ0n) is 15.4. The second kappa shape index (κ2) is 8.61. The minimum absolute atomic E-state index is 0.240. The van der Waals surface area contributed by atoms with E-state index in [1.165, 1.54) is 5.56 Å². The van der Waals surface area contributed by atoms with Crippen LogP contribution in [-0.2, 0) is 16.4 Å². The van der Waals surface area contributed by atoms with E-state index in [1.807, 2.05) is 25.1 Å². The predicted molar refractivity (Wildman–Crippen MR) is 109 cm³/mol. The summed E-state index contributed by atoms with van der Waals surface area (Å²) in [5.41, 5.74) is 7.49. The van der Waals surface area contributed by atoms with Crippen molar-refractivity contribution in [3.05, 3.63) is 72.6 Å². The molecule has 142 valence electrons. The minimum Gasteiger partial charge on any atom is -0.326 e. The molecule has 1 heterocycles. The van der Waals surface area contributed by atoms with E-state index in [9.17, 15) is 8.42 Å². The van der Waals surface area contributed by atoms with E-state index in [0.29, 0.717) is 0 Å². The van der Waals surface area contributed by atoms with E-state index in [2.05, 4.69) is 21.8 Å². The van der Waals surface area contributed by atoms with Crippen molar-refractivity contribution in [1.29, 1.82) is 0 Å². The second-order valence-corrected chi connectivity index (χ2v) is 8.55. The van der Waals surface area contributed by atoms with Gasteiger partial charge in [0.25, 0.3) is 0 Å². The third kappa shape index (κ3) is 5.13. The zero-order valence-corrected chi connectivity index (χ0v) is 16.2. The molecule has 0 aliphatic carbocycles. The molecule has 3 aromatic rings. The first-order chi connectivity index (χ1) is 13.0. The van der Waals surface area contributed by atoms with Gasteiger partial charge in [0.1, 0.15) is 0 Å². The van der Waals surface area contributed by atoms with Gasteiger partial charge in [-0.2, -0.15) is 0 Å². The Hall–Kier alpha value is -2.28. The van der Waals surface area contributed by atoms with E-state index in [4.69, 9.17) is 5.73 Å². The molecule has 27 heavy (non-hydrogen) atoms. The Kier molecular flexibility index (Phi) is 6.21. The Labute approximate surface area is 160 Å². The molecule has 1 aromatic heterocycles. The van der Waals surface area contributed by atoms with Crippen LogP contribution in [0.4, 0.5) is 0 Å². The van der Waals surface area contributed by atoms with Crippen LogP contribution < -0.4 is 10.5 Å². The smallest absolute Gasteiger partial charge is 0.240 e. The number of nitrogens with zero attached hydrogens (tertiary/aromatic N) is 1. The van der Waals surface area contributed by atoms with E-state index >= 15 is 0 Å². The number of hydrogen-bond donors (Lipinski definition) is 2. The van der Waals surface area contributed by atoms with Crippen LogP contribution in [0.3, 0.4) is 0 Å². The summed E-state index contributed by atoms with van der Waals surface area (Å²) in [5.74, 6) is 0. The number of hydrogen-bond acceptors (Lipinski definition) is 4. The highest BCUT2D eigenvalue weighted by Gasteiger charge is 2.21. The number of nitrogens with one attached hydrogen (secondary N) is 1. The molecule has 3 rings (SSSR count). The molecule has 0 amide bonds. The van der Waals surface area contributed by atoms with Crippen LogP contribution in [0.15, 0.2) is 71.9 Å². The fraction of sp³-hybridized carbons (Fsp3) is 0.286. The summed E-state index contributed by atoms with van der Waals surface area (Å²) in [5, 5.41) is 1.75. The molecule has 0 radical (unpaired) electrons. The normalized spacial score (nSPS) is 14.1. The molecule has 2 aromatic carbocycles. The Bertz CT molecular complexity index is 990. The van der Waals surface area contributed by atoms with Gasteiger partial charge in [-0.15, -0.1) is 0 Å². The quantitative estimate of drug-likeness (QED) is 0.625. The lowest BCUT2D eigenvalue weighted by molar-refractivity contribution is 0.469. The van der Waals surface area contributed by atoms with Crippen molar-refractivity contribution in [2.24, 2.45) is 5.73 Å².